The van der Waals surface area contributed by atoms with Crippen molar-refractivity contribution >= 4 is 10.1 Å². The van der Waals surface area contributed by atoms with Crippen molar-refractivity contribution in [1.82, 2.24) is 0 Å². The molecule has 0 atom stereocenters. The molecule has 2 aromatic rings. The molecule has 2 rings (SSSR count). The lowest BCUT2D eigenvalue weighted by atomic mass is 10.1. The van der Waals surface area contributed by atoms with E-state index in [-0.39, 0.29) is 16.4 Å². The normalized spacial score (nSPS) is 11.4. The van der Waals surface area contributed by atoms with Gasteiger partial charge in [-0.15, -0.1) is 0 Å². The molecule has 0 fully saturated rings. The number of ether oxygens (including phenoxy) is 1. The van der Waals surface area contributed by atoms with E-state index in [1.165, 1.54) is 30.3 Å². The maximum Gasteiger partial charge on any atom is 0.298 e. The van der Waals surface area contributed by atoms with Gasteiger partial charge in [-0.05, 0) is 54.8 Å². The number of aryl methyl sites for hydroxylation is 1. The smallest absolute Gasteiger partial charge is 0.298 e. The molecule has 0 saturated carbocycles. The van der Waals surface area contributed by atoms with Crippen LogP contribution in [0, 0.1) is 0 Å². The fourth-order valence-electron chi connectivity index (χ4n) is 2.39. The van der Waals surface area contributed by atoms with Gasteiger partial charge in [-0.2, -0.15) is 8.42 Å². The molecule has 24 heavy (non-hydrogen) atoms. The molecule has 0 aromatic heterocycles. The number of phenolic OH excluding ortho intramolecular Hbond substituents is 1. The molecular formula is C18H22O5S. The second kappa shape index (κ2) is 8.17. The minimum Gasteiger partial charge on any atom is -0.508 e. The highest BCUT2D eigenvalue weighted by Crippen LogP contribution is 2.31. The zero-order chi connectivity index (χ0) is 17.6. The average molecular weight is 350 g/mol. The Kier molecular flexibility index (Phi) is 6.23. The molecule has 0 aliphatic rings. The van der Waals surface area contributed by atoms with Crippen molar-refractivity contribution in [3.05, 3.63) is 48.0 Å². The summed E-state index contributed by atoms with van der Waals surface area (Å²) in [5.41, 5.74) is 0.844. The van der Waals surface area contributed by atoms with Crippen molar-refractivity contribution in [3.8, 4) is 17.2 Å². The lowest BCUT2D eigenvalue weighted by Crippen LogP contribution is -2.02. The number of aromatic hydroxyl groups is 1. The Morgan fingerprint density at radius 3 is 2.33 bits per heavy atom. The van der Waals surface area contributed by atoms with Crippen LogP contribution in [0.4, 0.5) is 0 Å². The number of unbranched alkanes of at least 4 members (excludes halogenated alkanes) is 3. The molecule has 0 heterocycles. The molecule has 0 amide bonds. The molecule has 0 saturated heterocycles. The summed E-state index contributed by atoms with van der Waals surface area (Å²) in [6.07, 6.45) is 5.09. The summed E-state index contributed by atoms with van der Waals surface area (Å²) in [5, 5.41) is 9.27. The van der Waals surface area contributed by atoms with Crippen LogP contribution in [0.25, 0.3) is 0 Å². The quantitative estimate of drug-likeness (QED) is 0.539. The Labute approximate surface area is 142 Å². The first-order chi connectivity index (χ1) is 11.4. The summed E-state index contributed by atoms with van der Waals surface area (Å²) < 4.78 is 38.3. The van der Waals surface area contributed by atoms with Crippen LogP contribution >= 0.6 is 0 Å². The van der Waals surface area contributed by atoms with Crippen LogP contribution in [0.5, 0.6) is 17.2 Å². The van der Waals surface area contributed by atoms with Crippen molar-refractivity contribution in [2.24, 2.45) is 0 Å². The Morgan fingerprint density at radius 2 is 1.71 bits per heavy atom. The minimum absolute atomic E-state index is 0.0560. The first kappa shape index (κ1) is 18.3. The summed E-state index contributed by atoms with van der Waals surface area (Å²) in [7, 11) is -4.39. The van der Waals surface area contributed by atoms with E-state index in [1.807, 2.05) is 0 Å². The molecule has 0 aliphatic heterocycles. The summed E-state index contributed by atoms with van der Waals surface area (Å²) in [6.45, 7) is 2.13. The standard InChI is InChI=1S/C18H22O5S/c1-2-3-4-5-6-14-7-12-17(18(13-14)24(20,21)22)23-16-10-8-15(19)9-11-16/h7-13,19H,2-6H2,1H3,(H,20,21,22). The van der Waals surface area contributed by atoms with E-state index >= 15 is 0 Å². The summed E-state index contributed by atoms with van der Waals surface area (Å²) in [6, 6.07) is 10.7. The highest BCUT2D eigenvalue weighted by Gasteiger charge is 2.18. The van der Waals surface area contributed by atoms with Crippen LogP contribution in [0.2, 0.25) is 0 Å². The van der Waals surface area contributed by atoms with Gasteiger partial charge in [-0.3, -0.25) is 4.55 Å². The van der Waals surface area contributed by atoms with Crippen LogP contribution in [0.15, 0.2) is 47.4 Å². The van der Waals surface area contributed by atoms with Gasteiger partial charge in [-0.25, -0.2) is 0 Å². The van der Waals surface area contributed by atoms with Crippen LogP contribution in [0.3, 0.4) is 0 Å². The molecular weight excluding hydrogens is 328 g/mol. The fraction of sp³-hybridized carbons (Fsp3) is 0.333. The second-order valence-electron chi connectivity index (χ2n) is 5.66. The third-order valence-electron chi connectivity index (χ3n) is 3.67. The van der Waals surface area contributed by atoms with Crippen LogP contribution in [-0.4, -0.2) is 18.1 Å². The van der Waals surface area contributed by atoms with Gasteiger partial charge in [0, 0.05) is 0 Å². The van der Waals surface area contributed by atoms with Crippen molar-refractivity contribution in [3.63, 3.8) is 0 Å². The molecule has 130 valence electrons. The zero-order valence-corrected chi connectivity index (χ0v) is 14.4. The van der Waals surface area contributed by atoms with E-state index in [9.17, 15) is 18.1 Å². The van der Waals surface area contributed by atoms with E-state index in [2.05, 4.69) is 6.92 Å². The molecule has 5 nitrogen and oxygen atoms in total. The van der Waals surface area contributed by atoms with Crippen molar-refractivity contribution in [1.29, 1.82) is 0 Å². The van der Waals surface area contributed by atoms with E-state index in [0.717, 1.165) is 37.7 Å². The molecule has 6 heteroatoms. The van der Waals surface area contributed by atoms with Gasteiger partial charge in [0.25, 0.3) is 10.1 Å². The molecule has 0 aliphatic carbocycles. The van der Waals surface area contributed by atoms with Crippen molar-refractivity contribution in [2.45, 2.75) is 43.9 Å². The lowest BCUT2D eigenvalue weighted by molar-refractivity contribution is 0.445. The molecule has 0 bridgehead atoms. The van der Waals surface area contributed by atoms with E-state index in [4.69, 9.17) is 4.74 Å². The first-order valence-electron chi connectivity index (χ1n) is 7.97. The number of benzene rings is 2. The van der Waals surface area contributed by atoms with Crippen LogP contribution < -0.4 is 4.74 Å². The van der Waals surface area contributed by atoms with Crippen molar-refractivity contribution in [2.75, 3.05) is 0 Å². The van der Waals surface area contributed by atoms with E-state index < -0.39 is 10.1 Å². The number of phenols is 1. The summed E-state index contributed by atoms with van der Waals surface area (Å²) in [5.74, 6) is 0.508. The zero-order valence-electron chi connectivity index (χ0n) is 13.6. The van der Waals surface area contributed by atoms with Crippen LogP contribution in [-0.2, 0) is 16.5 Å². The van der Waals surface area contributed by atoms with Gasteiger partial charge in [0.1, 0.15) is 22.1 Å². The van der Waals surface area contributed by atoms with Gasteiger partial charge in [0.2, 0.25) is 0 Å². The lowest BCUT2D eigenvalue weighted by Gasteiger charge is -2.11. The molecule has 0 unspecified atom stereocenters. The summed E-state index contributed by atoms with van der Waals surface area (Å²) in [4.78, 5) is -0.247. The SMILES string of the molecule is CCCCCCc1ccc(Oc2ccc(O)cc2)c(S(=O)(=O)O)c1. The van der Waals surface area contributed by atoms with Gasteiger partial charge < -0.3 is 9.84 Å². The molecule has 2 aromatic carbocycles. The number of hydrogen-bond acceptors (Lipinski definition) is 4. The fourth-order valence-corrected chi connectivity index (χ4v) is 3.06. The third kappa shape index (κ3) is 5.25. The first-order valence-corrected chi connectivity index (χ1v) is 9.41. The maximum absolute atomic E-state index is 11.7. The topological polar surface area (TPSA) is 83.8 Å². The average Bonchev–Trinajstić information content (AvgIpc) is 2.54. The van der Waals surface area contributed by atoms with E-state index in [0.29, 0.717) is 5.75 Å². The predicted molar refractivity (Wildman–Crippen MR) is 92.3 cm³/mol. The van der Waals surface area contributed by atoms with Crippen LogP contribution in [0.1, 0.15) is 38.2 Å². The van der Waals surface area contributed by atoms with Gasteiger partial charge in [0.05, 0.1) is 0 Å². The Hall–Kier alpha value is -2.05. The molecule has 0 spiro atoms. The minimum atomic E-state index is -4.39. The monoisotopic (exact) mass is 350 g/mol. The van der Waals surface area contributed by atoms with Gasteiger partial charge in [-0.1, -0.05) is 32.3 Å². The van der Waals surface area contributed by atoms with Crippen molar-refractivity contribution < 1.29 is 22.8 Å². The van der Waals surface area contributed by atoms with Gasteiger partial charge >= 0.3 is 0 Å². The predicted octanol–water partition coefficient (Wildman–Crippen LogP) is 4.55. The largest absolute Gasteiger partial charge is 0.508 e. The van der Waals surface area contributed by atoms with E-state index in [1.54, 1.807) is 12.1 Å². The Morgan fingerprint density at radius 1 is 1.00 bits per heavy atom. The number of rotatable bonds is 8. The highest BCUT2D eigenvalue weighted by molar-refractivity contribution is 7.86. The maximum atomic E-state index is 11.7. The molecule has 0 radical (unpaired) electrons. The Bertz CT molecular complexity index is 766. The van der Waals surface area contributed by atoms with Gasteiger partial charge in [0.15, 0.2) is 0 Å². The third-order valence-corrected chi connectivity index (χ3v) is 4.54. The molecule has 2 N–H and O–H groups in total. The number of hydrogen-bond donors (Lipinski definition) is 2. The highest BCUT2D eigenvalue weighted by atomic mass is 32.2. The summed E-state index contributed by atoms with van der Waals surface area (Å²) >= 11 is 0. The Balaban J connectivity index is 2.22. The second-order valence-corrected chi connectivity index (χ2v) is 7.05.